The number of halogens is 1. The molecule has 0 bridgehead atoms. The van der Waals surface area contributed by atoms with Gasteiger partial charge < -0.3 is 10.4 Å². The lowest BCUT2D eigenvalue weighted by atomic mass is 10.0. The van der Waals surface area contributed by atoms with Gasteiger partial charge in [0.15, 0.2) is 0 Å². The van der Waals surface area contributed by atoms with Crippen LogP contribution in [-0.2, 0) is 19.5 Å². The van der Waals surface area contributed by atoms with Crippen LogP contribution in [0.5, 0.6) is 5.75 Å². The number of hydrogen-bond acceptors (Lipinski definition) is 3. The highest BCUT2D eigenvalue weighted by molar-refractivity contribution is 5.64. The van der Waals surface area contributed by atoms with Crippen LogP contribution >= 0.6 is 0 Å². The zero-order valence-electron chi connectivity index (χ0n) is 13.2. The molecule has 0 spiro atoms. The number of benzene rings is 2. The van der Waals surface area contributed by atoms with Crippen molar-refractivity contribution in [3.8, 4) is 17.0 Å². The summed E-state index contributed by atoms with van der Waals surface area (Å²) >= 11 is 0. The van der Waals surface area contributed by atoms with Crippen LogP contribution in [0, 0.1) is 5.82 Å². The second-order valence-electron chi connectivity index (χ2n) is 6.03. The van der Waals surface area contributed by atoms with Crippen LogP contribution in [0.15, 0.2) is 48.5 Å². The maximum absolute atomic E-state index is 13.2. The minimum Gasteiger partial charge on any atom is -0.508 e. The topological polar surface area (TPSA) is 50.1 Å². The lowest BCUT2D eigenvalue weighted by molar-refractivity contribution is 0.475. The maximum atomic E-state index is 13.2. The van der Waals surface area contributed by atoms with Crippen molar-refractivity contribution in [3.63, 3.8) is 0 Å². The highest BCUT2D eigenvalue weighted by Crippen LogP contribution is 2.28. The third-order valence-electron chi connectivity index (χ3n) is 4.39. The van der Waals surface area contributed by atoms with E-state index < -0.39 is 0 Å². The zero-order valence-corrected chi connectivity index (χ0v) is 13.2. The summed E-state index contributed by atoms with van der Waals surface area (Å²) in [5, 5.41) is 17.6. The fourth-order valence-electron chi connectivity index (χ4n) is 3.16. The summed E-state index contributed by atoms with van der Waals surface area (Å²) in [6.07, 6.45) is 0.918. The summed E-state index contributed by atoms with van der Waals surface area (Å²) in [7, 11) is 0. The van der Waals surface area contributed by atoms with Crippen LogP contribution in [0.1, 0.15) is 16.8 Å². The largest absolute Gasteiger partial charge is 0.508 e. The first-order valence-corrected chi connectivity index (χ1v) is 8.04. The summed E-state index contributed by atoms with van der Waals surface area (Å²) in [5.74, 6) is 0.0201. The number of fused-ring (bicyclic) bond motifs is 1. The van der Waals surface area contributed by atoms with Gasteiger partial charge in [0, 0.05) is 36.3 Å². The molecular weight excluding hydrogens is 305 g/mol. The molecule has 1 aromatic heterocycles. The van der Waals surface area contributed by atoms with Gasteiger partial charge in [-0.15, -0.1) is 0 Å². The monoisotopic (exact) mass is 323 g/mol. The van der Waals surface area contributed by atoms with Crippen LogP contribution in [0.2, 0.25) is 0 Å². The average Bonchev–Trinajstić information content (AvgIpc) is 2.97. The van der Waals surface area contributed by atoms with E-state index in [0.29, 0.717) is 6.54 Å². The quantitative estimate of drug-likeness (QED) is 0.779. The Morgan fingerprint density at radius 1 is 1.08 bits per heavy atom. The van der Waals surface area contributed by atoms with Crippen LogP contribution < -0.4 is 5.32 Å². The summed E-state index contributed by atoms with van der Waals surface area (Å²) < 4.78 is 15.2. The highest BCUT2D eigenvalue weighted by atomic mass is 19.1. The highest BCUT2D eigenvalue weighted by Gasteiger charge is 2.21. The number of nitrogens with zero attached hydrogens (tertiary/aromatic N) is 2. The number of phenolic OH excluding ortho intramolecular Hbond substituents is 1. The van der Waals surface area contributed by atoms with Crippen molar-refractivity contribution in [2.24, 2.45) is 0 Å². The Morgan fingerprint density at radius 2 is 1.83 bits per heavy atom. The van der Waals surface area contributed by atoms with E-state index in [-0.39, 0.29) is 11.6 Å². The van der Waals surface area contributed by atoms with Crippen LogP contribution in [0.3, 0.4) is 0 Å². The van der Waals surface area contributed by atoms with E-state index in [0.717, 1.165) is 36.3 Å². The summed E-state index contributed by atoms with van der Waals surface area (Å²) in [4.78, 5) is 0. The number of rotatable bonds is 3. The Labute approximate surface area is 139 Å². The molecule has 0 atom stereocenters. The number of hydrogen-bond donors (Lipinski definition) is 2. The second-order valence-corrected chi connectivity index (χ2v) is 6.03. The van der Waals surface area contributed by atoms with Gasteiger partial charge in [0.1, 0.15) is 11.6 Å². The van der Waals surface area contributed by atoms with Crippen molar-refractivity contribution in [3.05, 3.63) is 71.2 Å². The van der Waals surface area contributed by atoms with Gasteiger partial charge in [-0.2, -0.15) is 5.10 Å². The molecule has 4 rings (SSSR count). The molecule has 1 aliphatic rings. The number of aromatic nitrogens is 2. The second kappa shape index (κ2) is 6.09. The van der Waals surface area contributed by atoms with Crippen molar-refractivity contribution in [2.75, 3.05) is 6.54 Å². The Kier molecular flexibility index (Phi) is 3.78. The Hall–Kier alpha value is -2.66. The first-order valence-electron chi connectivity index (χ1n) is 8.04. The van der Waals surface area contributed by atoms with Crippen LogP contribution in [0.25, 0.3) is 11.3 Å². The molecule has 0 unspecified atom stereocenters. The summed E-state index contributed by atoms with van der Waals surface area (Å²) in [5.41, 5.74) is 5.34. The molecule has 0 saturated carbocycles. The number of aromatic hydroxyl groups is 1. The number of nitrogens with one attached hydrogen (secondary N) is 1. The van der Waals surface area contributed by atoms with Crippen molar-refractivity contribution in [1.82, 2.24) is 15.1 Å². The van der Waals surface area contributed by atoms with E-state index in [4.69, 9.17) is 5.10 Å². The van der Waals surface area contributed by atoms with Gasteiger partial charge in [0.25, 0.3) is 0 Å². The Bertz CT molecular complexity index is 854. The zero-order chi connectivity index (χ0) is 16.5. The van der Waals surface area contributed by atoms with E-state index >= 15 is 0 Å². The third-order valence-corrected chi connectivity index (χ3v) is 4.39. The summed E-state index contributed by atoms with van der Waals surface area (Å²) in [6.45, 7) is 2.36. The van der Waals surface area contributed by atoms with Crippen LogP contribution in [0.4, 0.5) is 4.39 Å². The van der Waals surface area contributed by atoms with Gasteiger partial charge in [-0.1, -0.05) is 12.1 Å². The van der Waals surface area contributed by atoms with Gasteiger partial charge in [0.05, 0.1) is 12.2 Å². The summed E-state index contributed by atoms with van der Waals surface area (Å²) in [6, 6.07) is 13.7. The van der Waals surface area contributed by atoms with E-state index in [1.807, 2.05) is 16.8 Å². The Balaban J connectivity index is 1.74. The molecule has 5 heteroatoms. The molecule has 4 nitrogen and oxygen atoms in total. The molecule has 3 aromatic rings. The van der Waals surface area contributed by atoms with Crippen molar-refractivity contribution in [2.45, 2.75) is 19.5 Å². The molecule has 24 heavy (non-hydrogen) atoms. The average molecular weight is 323 g/mol. The molecule has 0 radical (unpaired) electrons. The molecule has 1 aliphatic heterocycles. The Morgan fingerprint density at radius 3 is 2.58 bits per heavy atom. The van der Waals surface area contributed by atoms with E-state index in [9.17, 15) is 9.50 Å². The minimum atomic E-state index is -0.241. The lowest BCUT2D eigenvalue weighted by Crippen LogP contribution is -2.25. The van der Waals surface area contributed by atoms with Gasteiger partial charge in [-0.05, 0) is 42.0 Å². The maximum Gasteiger partial charge on any atom is 0.123 e. The lowest BCUT2D eigenvalue weighted by Gasteiger charge is -2.15. The van der Waals surface area contributed by atoms with Gasteiger partial charge in [0.2, 0.25) is 0 Å². The molecule has 0 saturated heterocycles. The predicted octanol–water partition coefficient (Wildman–Crippen LogP) is 3.09. The van der Waals surface area contributed by atoms with Gasteiger partial charge in [-0.3, -0.25) is 4.68 Å². The van der Waals surface area contributed by atoms with Gasteiger partial charge in [-0.25, -0.2) is 4.39 Å². The predicted molar refractivity (Wildman–Crippen MR) is 90.2 cm³/mol. The molecule has 2 N–H and O–H groups in total. The standard InChI is InChI=1S/C19H18FN3O/c20-15-5-3-14(4-6-15)19-17-11-21-10-9-18(17)23(22-19)12-13-1-7-16(24)8-2-13/h1-8,21,24H,9-12H2. The molecule has 0 amide bonds. The van der Waals surface area contributed by atoms with Gasteiger partial charge >= 0.3 is 0 Å². The fourth-order valence-corrected chi connectivity index (χ4v) is 3.16. The third kappa shape index (κ3) is 2.78. The molecular formula is C19H18FN3O. The van der Waals surface area contributed by atoms with E-state index in [1.165, 1.54) is 23.4 Å². The molecule has 2 aromatic carbocycles. The smallest absolute Gasteiger partial charge is 0.123 e. The molecule has 0 fully saturated rings. The first kappa shape index (κ1) is 14.9. The molecule has 2 heterocycles. The molecule has 0 aliphatic carbocycles. The normalized spacial score (nSPS) is 13.7. The number of phenols is 1. The fraction of sp³-hybridized carbons (Fsp3) is 0.211. The van der Waals surface area contributed by atoms with Crippen molar-refractivity contribution in [1.29, 1.82) is 0 Å². The van der Waals surface area contributed by atoms with Crippen molar-refractivity contribution < 1.29 is 9.50 Å². The van der Waals surface area contributed by atoms with E-state index in [2.05, 4.69) is 5.32 Å². The van der Waals surface area contributed by atoms with Crippen molar-refractivity contribution >= 4 is 0 Å². The molecule has 122 valence electrons. The SMILES string of the molecule is Oc1ccc(Cn2nc(-c3ccc(F)cc3)c3c2CCNC3)cc1. The minimum absolute atomic E-state index is 0.241. The van der Waals surface area contributed by atoms with E-state index in [1.54, 1.807) is 24.3 Å². The first-order chi connectivity index (χ1) is 11.7. The van der Waals surface area contributed by atoms with Crippen LogP contribution in [-0.4, -0.2) is 21.4 Å².